The number of halogens is 1. The third-order valence-corrected chi connectivity index (χ3v) is 3.63. The van der Waals surface area contributed by atoms with Gasteiger partial charge in [0.25, 0.3) is 0 Å². The highest BCUT2D eigenvalue weighted by Crippen LogP contribution is 2.18. The first-order chi connectivity index (χ1) is 9.16. The summed E-state index contributed by atoms with van der Waals surface area (Å²) in [7, 11) is 0. The molecule has 0 aromatic heterocycles. The number of nitrogens with one attached hydrogen (secondary N) is 1. The quantitative estimate of drug-likeness (QED) is 0.823. The van der Waals surface area contributed by atoms with E-state index in [1.807, 2.05) is 0 Å². The first-order valence-corrected chi connectivity index (χ1v) is 6.87. The number of carbonyl (C=O) groups excluding carboxylic acids is 1. The number of aliphatic hydroxyl groups is 1. The van der Waals surface area contributed by atoms with E-state index in [0.29, 0.717) is 5.56 Å². The van der Waals surface area contributed by atoms with Crippen LogP contribution in [0.25, 0.3) is 0 Å². The van der Waals surface area contributed by atoms with Crippen LogP contribution in [0.5, 0.6) is 0 Å². The molecule has 0 spiro atoms. The summed E-state index contributed by atoms with van der Waals surface area (Å²) >= 11 is 0. The van der Waals surface area contributed by atoms with Crippen LogP contribution in [0.4, 0.5) is 4.39 Å². The van der Waals surface area contributed by atoms with Gasteiger partial charge < -0.3 is 10.4 Å². The molecule has 4 heteroatoms. The number of benzene rings is 1. The summed E-state index contributed by atoms with van der Waals surface area (Å²) in [6, 6.07) is 6.08. The highest BCUT2D eigenvalue weighted by Gasteiger charge is 2.23. The molecule has 3 nitrogen and oxygen atoms in total. The predicted octanol–water partition coefficient (Wildman–Crippen LogP) is 2.18. The van der Waals surface area contributed by atoms with Crippen LogP contribution in [0.1, 0.15) is 37.7 Å². The molecule has 2 N–H and O–H groups in total. The van der Waals surface area contributed by atoms with Crippen LogP contribution in [0.2, 0.25) is 0 Å². The Morgan fingerprint density at radius 2 is 2.00 bits per heavy atom. The van der Waals surface area contributed by atoms with Crippen LogP contribution in [-0.2, 0) is 11.2 Å². The van der Waals surface area contributed by atoms with Crippen molar-refractivity contribution in [3.63, 3.8) is 0 Å². The maximum Gasteiger partial charge on any atom is 0.224 e. The number of rotatable bonds is 3. The Bertz CT molecular complexity index is 436. The molecule has 2 rings (SSSR count). The topological polar surface area (TPSA) is 49.3 Å². The SMILES string of the molecule is O=C(Cc1ccccc1F)NC1CCCCCC1O. The van der Waals surface area contributed by atoms with Crippen LogP contribution in [0.15, 0.2) is 24.3 Å². The third kappa shape index (κ3) is 4.03. The summed E-state index contributed by atoms with van der Waals surface area (Å²) in [5.74, 6) is -0.588. The van der Waals surface area contributed by atoms with Gasteiger partial charge in [-0.2, -0.15) is 0 Å². The van der Waals surface area contributed by atoms with E-state index >= 15 is 0 Å². The lowest BCUT2D eigenvalue weighted by molar-refractivity contribution is -0.122. The lowest BCUT2D eigenvalue weighted by Crippen LogP contribution is -2.43. The van der Waals surface area contributed by atoms with E-state index in [4.69, 9.17) is 0 Å². The van der Waals surface area contributed by atoms with Crippen molar-refractivity contribution in [2.45, 2.75) is 50.7 Å². The van der Waals surface area contributed by atoms with Gasteiger partial charge in [0.1, 0.15) is 5.82 Å². The summed E-state index contributed by atoms with van der Waals surface area (Å²) in [6.45, 7) is 0. The number of aliphatic hydroxyl groups excluding tert-OH is 1. The molecule has 0 bridgehead atoms. The van der Waals surface area contributed by atoms with E-state index < -0.39 is 6.10 Å². The van der Waals surface area contributed by atoms with E-state index in [-0.39, 0.29) is 24.2 Å². The van der Waals surface area contributed by atoms with E-state index in [9.17, 15) is 14.3 Å². The summed E-state index contributed by atoms with van der Waals surface area (Å²) in [5, 5.41) is 12.8. The van der Waals surface area contributed by atoms with E-state index in [0.717, 1.165) is 32.1 Å². The van der Waals surface area contributed by atoms with Crippen molar-refractivity contribution in [1.29, 1.82) is 0 Å². The molecule has 19 heavy (non-hydrogen) atoms. The number of amides is 1. The maximum atomic E-state index is 13.4. The second-order valence-corrected chi connectivity index (χ2v) is 5.15. The smallest absolute Gasteiger partial charge is 0.224 e. The van der Waals surface area contributed by atoms with Gasteiger partial charge in [-0.25, -0.2) is 4.39 Å². The van der Waals surface area contributed by atoms with Crippen molar-refractivity contribution < 1.29 is 14.3 Å². The lowest BCUT2D eigenvalue weighted by Gasteiger charge is -2.21. The molecule has 2 atom stereocenters. The second-order valence-electron chi connectivity index (χ2n) is 5.15. The standard InChI is InChI=1S/C15H20FNO2/c16-12-7-5-4-6-11(12)10-15(19)17-13-8-2-1-3-9-14(13)18/h4-7,13-14,18H,1-3,8-10H2,(H,17,19). The predicted molar refractivity (Wildman–Crippen MR) is 71.1 cm³/mol. The summed E-state index contributed by atoms with van der Waals surface area (Å²) < 4.78 is 13.4. The Kier molecular flexibility index (Phi) is 4.91. The van der Waals surface area contributed by atoms with E-state index in [1.54, 1.807) is 18.2 Å². The minimum Gasteiger partial charge on any atom is -0.391 e. The monoisotopic (exact) mass is 265 g/mol. The summed E-state index contributed by atoms with van der Waals surface area (Å²) in [6.07, 6.45) is 4.18. The molecule has 0 aliphatic heterocycles. The van der Waals surface area contributed by atoms with Gasteiger partial charge in [0.05, 0.1) is 18.6 Å². The Balaban J connectivity index is 1.92. The summed E-state index contributed by atoms with van der Waals surface area (Å²) in [5.41, 5.74) is 0.392. The van der Waals surface area contributed by atoms with Crippen molar-refractivity contribution in [2.75, 3.05) is 0 Å². The van der Waals surface area contributed by atoms with Crippen molar-refractivity contribution in [3.8, 4) is 0 Å². The zero-order chi connectivity index (χ0) is 13.7. The molecular weight excluding hydrogens is 245 g/mol. The molecule has 1 aromatic rings. The Labute approximate surface area is 112 Å². The highest BCUT2D eigenvalue weighted by atomic mass is 19.1. The first kappa shape index (κ1) is 14.0. The Morgan fingerprint density at radius 1 is 1.26 bits per heavy atom. The molecule has 1 aliphatic rings. The lowest BCUT2D eigenvalue weighted by atomic mass is 10.1. The van der Waals surface area contributed by atoms with Crippen LogP contribution < -0.4 is 5.32 Å². The highest BCUT2D eigenvalue weighted by molar-refractivity contribution is 5.79. The van der Waals surface area contributed by atoms with Gasteiger partial charge in [0.2, 0.25) is 5.91 Å². The van der Waals surface area contributed by atoms with Crippen LogP contribution in [-0.4, -0.2) is 23.2 Å². The first-order valence-electron chi connectivity index (χ1n) is 6.87. The van der Waals surface area contributed by atoms with Crippen molar-refractivity contribution in [2.24, 2.45) is 0 Å². The zero-order valence-electron chi connectivity index (χ0n) is 10.9. The van der Waals surface area contributed by atoms with Crippen LogP contribution in [0.3, 0.4) is 0 Å². The number of carbonyl (C=O) groups is 1. The van der Waals surface area contributed by atoms with Gasteiger partial charge >= 0.3 is 0 Å². The minimum absolute atomic E-state index is 0.0237. The molecule has 2 unspecified atom stereocenters. The molecule has 1 aliphatic carbocycles. The van der Waals surface area contributed by atoms with E-state index in [2.05, 4.69) is 5.32 Å². The zero-order valence-corrected chi connectivity index (χ0v) is 10.9. The van der Waals surface area contributed by atoms with Gasteiger partial charge in [-0.3, -0.25) is 4.79 Å². The molecular formula is C15H20FNO2. The molecule has 1 fully saturated rings. The third-order valence-electron chi connectivity index (χ3n) is 3.63. The molecule has 104 valence electrons. The molecule has 0 saturated heterocycles. The minimum atomic E-state index is -0.480. The fourth-order valence-electron chi connectivity index (χ4n) is 2.53. The van der Waals surface area contributed by atoms with Gasteiger partial charge in [-0.15, -0.1) is 0 Å². The number of hydrogen-bond donors (Lipinski definition) is 2. The van der Waals surface area contributed by atoms with E-state index in [1.165, 1.54) is 6.07 Å². The average Bonchev–Trinajstić information content (AvgIpc) is 2.58. The molecule has 0 radical (unpaired) electrons. The fraction of sp³-hybridized carbons (Fsp3) is 0.533. The molecule has 0 heterocycles. The van der Waals surface area contributed by atoms with Gasteiger partial charge in [-0.1, -0.05) is 37.5 Å². The van der Waals surface area contributed by atoms with Crippen LogP contribution >= 0.6 is 0 Å². The van der Waals surface area contributed by atoms with Gasteiger partial charge in [-0.05, 0) is 24.5 Å². The second kappa shape index (κ2) is 6.66. The summed E-state index contributed by atoms with van der Waals surface area (Å²) in [4.78, 5) is 11.9. The molecule has 1 amide bonds. The van der Waals surface area contributed by atoms with Crippen molar-refractivity contribution >= 4 is 5.91 Å². The number of hydrogen-bond acceptors (Lipinski definition) is 2. The average molecular weight is 265 g/mol. The Morgan fingerprint density at radius 3 is 2.79 bits per heavy atom. The normalized spacial score (nSPS) is 23.7. The molecule has 1 saturated carbocycles. The largest absolute Gasteiger partial charge is 0.391 e. The maximum absolute atomic E-state index is 13.4. The Hall–Kier alpha value is -1.42. The van der Waals surface area contributed by atoms with Crippen molar-refractivity contribution in [1.82, 2.24) is 5.32 Å². The van der Waals surface area contributed by atoms with Gasteiger partial charge in [0, 0.05) is 0 Å². The molecule has 1 aromatic carbocycles. The van der Waals surface area contributed by atoms with Crippen LogP contribution in [0, 0.1) is 5.82 Å². The van der Waals surface area contributed by atoms with Gasteiger partial charge in [0.15, 0.2) is 0 Å². The fourth-order valence-corrected chi connectivity index (χ4v) is 2.53. The van der Waals surface area contributed by atoms with Crippen molar-refractivity contribution in [3.05, 3.63) is 35.6 Å².